The zero-order valence-electron chi connectivity index (χ0n) is 11.7. The van der Waals surface area contributed by atoms with Gasteiger partial charge in [0.2, 0.25) is 0 Å². The van der Waals surface area contributed by atoms with E-state index in [1.54, 1.807) is 12.1 Å². The van der Waals surface area contributed by atoms with Crippen molar-refractivity contribution in [3.05, 3.63) is 53.1 Å². The highest BCUT2D eigenvalue weighted by Crippen LogP contribution is 2.29. The quantitative estimate of drug-likeness (QED) is 0.697. The van der Waals surface area contributed by atoms with Crippen molar-refractivity contribution in [2.75, 3.05) is 5.73 Å². The van der Waals surface area contributed by atoms with Crippen molar-refractivity contribution < 1.29 is 12.6 Å². The molecule has 0 unspecified atom stereocenters. The molecule has 2 aromatic rings. The number of aryl methyl sites for hydroxylation is 3. The summed E-state index contributed by atoms with van der Waals surface area (Å²) in [6, 6.07) is 10.0. The van der Waals surface area contributed by atoms with Gasteiger partial charge in [0.15, 0.2) is 0 Å². The number of hydrogen-bond donors (Lipinski definition) is 1. The van der Waals surface area contributed by atoms with E-state index >= 15 is 0 Å². The third-order valence-corrected chi connectivity index (χ3v) is 4.28. The van der Waals surface area contributed by atoms with E-state index in [2.05, 4.69) is 0 Å². The summed E-state index contributed by atoms with van der Waals surface area (Å²) in [5, 5.41) is 0. The van der Waals surface area contributed by atoms with Gasteiger partial charge in [0.05, 0.1) is 5.69 Å². The van der Waals surface area contributed by atoms with Crippen LogP contribution in [0.5, 0.6) is 5.75 Å². The van der Waals surface area contributed by atoms with Crippen molar-refractivity contribution in [3.8, 4) is 5.75 Å². The Balaban J connectivity index is 2.47. The number of para-hydroxylation sites is 1. The summed E-state index contributed by atoms with van der Waals surface area (Å²) in [5.41, 5.74) is 8.49. The molecule has 106 valence electrons. The molecule has 0 aliphatic heterocycles. The maximum atomic E-state index is 12.3. The van der Waals surface area contributed by atoms with Crippen LogP contribution >= 0.6 is 0 Å². The maximum Gasteiger partial charge on any atom is 0.341 e. The van der Waals surface area contributed by atoms with E-state index in [0.717, 1.165) is 16.7 Å². The molecule has 0 saturated carbocycles. The van der Waals surface area contributed by atoms with Crippen molar-refractivity contribution in [2.45, 2.75) is 25.7 Å². The van der Waals surface area contributed by atoms with Crippen LogP contribution in [-0.4, -0.2) is 8.42 Å². The van der Waals surface area contributed by atoms with Crippen LogP contribution in [0.15, 0.2) is 41.3 Å². The van der Waals surface area contributed by atoms with Crippen LogP contribution in [0, 0.1) is 20.8 Å². The lowest BCUT2D eigenvalue weighted by atomic mass is 10.1. The largest absolute Gasteiger partial charge is 0.398 e. The summed E-state index contributed by atoms with van der Waals surface area (Å²) in [6.45, 7) is 5.59. The van der Waals surface area contributed by atoms with Gasteiger partial charge in [0, 0.05) is 0 Å². The molecule has 0 atom stereocenters. The SMILES string of the molecule is Cc1cc(C)c(OS(=O)(=O)c2ccccc2N)c(C)c1. The monoisotopic (exact) mass is 291 g/mol. The third kappa shape index (κ3) is 2.77. The van der Waals surface area contributed by atoms with Crippen molar-refractivity contribution in [1.82, 2.24) is 0 Å². The zero-order chi connectivity index (χ0) is 14.9. The first-order chi connectivity index (χ1) is 9.31. The molecule has 0 amide bonds. The Morgan fingerprint density at radius 3 is 2.10 bits per heavy atom. The third-order valence-electron chi connectivity index (χ3n) is 2.99. The Morgan fingerprint density at radius 2 is 1.55 bits per heavy atom. The van der Waals surface area contributed by atoms with Crippen molar-refractivity contribution in [1.29, 1.82) is 0 Å². The van der Waals surface area contributed by atoms with E-state index in [-0.39, 0.29) is 10.6 Å². The van der Waals surface area contributed by atoms with Crippen LogP contribution in [0.3, 0.4) is 0 Å². The molecule has 0 aliphatic carbocycles. The number of rotatable bonds is 3. The second kappa shape index (κ2) is 5.17. The topological polar surface area (TPSA) is 69.4 Å². The Bertz CT molecular complexity index is 728. The molecule has 20 heavy (non-hydrogen) atoms. The van der Waals surface area contributed by atoms with Crippen LogP contribution in [0.4, 0.5) is 5.69 Å². The van der Waals surface area contributed by atoms with Gasteiger partial charge >= 0.3 is 10.1 Å². The summed E-state index contributed by atoms with van der Waals surface area (Å²) in [6.07, 6.45) is 0. The summed E-state index contributed by atoms with van der Waals surface area (Å²) in [4.78, 5) is -0.0145. The van der Waals surface area contributed by atoms with E-state index in [0.29, 0.717) is 5.75 Å². The van der Waals surface area contributed by atoms with Crippen LogP contribution < -0.4 is 9.92 Å². The Kier molecular flexibility index (Phi) is 3.72. The lowest BCUT2D eigenvalue weighted by Gasteiger charge is -2.13. The fraction of sp³-hybridized carbons (Fsp3) is 0.200. The number of nitrogen functional groups attached to an aromatic ring is 1. The molecule has 0 spiro atoms. The van der Waals surface area contributed by atoms with Gasteiger partial charge in [0.25, 0.3) is 0 Å². The van der Waals surface area contributed by atoms with Gasteiger partial charge in [-0.2, -0.15) is 8.42 Å². The highest BCUT2D eigenvalue weighted by atomic mass is 32.2. The number of hydrogen-bond acceptors (Lipinski definition) is 4. The van der Waals surface area contributed by atoms with Crippen molar-refractivity contribution in [3.63, 3.8) is 0 Å². The molecule has 2 aromatic carbocycles. The average molecular weight is 291 g/mol. The zero-order valence-corrected chi connectivity index (χ0v) is 12.5. The first kappa shape index (κ1) is 14.4. The fourth-order valence-corrected chi connectivity index (χ4v) is 3.34. The summed E-state index contributed by atoms with van der Waals surface area (Å²) in [5.74, 6) is 0.360. The Hall–Kier alpha value is -2.01. The lowest BCUT2D eigenvalue weighted by molar-refractivity contribution is 0.482. The number of nitrogens with two attached hydrogens (primary N) is 1. The molecule has 0 heterocycles. The maximum absolute atomic E-state index is 12.3. The van der Waals surface area contributed by atoms with Gasteiger partial charge in [0.1, 0.15) is 10.6 Å². The Labute approximate surface area is 119 Å². The normalized spacial score (nSPS) is 11.3. The van der Waals surface area contributed by atoms with Crippen molar-refractivity contribution >= 4 is 15.8 Å². The summed E-state index contributed by atoms with van der Waals surface area (Å²) < 4.78 is 29.9. The highest BCUT2D eigenvalue weighted by molar-refractivity contribution is 7.87. The van der Waals surface area contributed by atoms with E-state index in [9.17, 15) is 8.42 Å². The Morgan fingerprint density at radius 1 is 1.00 bits per heavy atom. The van der Waals surface area contributed by atoms with Gasteiger partial charge in [-0.1, -0.05) is 29.8 Å². The highest BCUT2D eigenvalue weighted by Gasteiger charge is 2.21. The van der Waals surface area contributed by atoms with Crippen LogP contribution in [0.2, 0.25) is 0 Å². The smallest absolute Gasteiger partial charge is 0.341 e. The molecule has 0 radical (unpaired) electrons. The van der Waals surface area contributed by atoms with Gasteiger partial charge < -0.3 is 9.92 Å². The van der Waals surface area contributed by atoms with E-state index in [1.165, 1.54) is 12.1 Å². The number of anilines is 1. The standard InChI is InChI=1S/C15H17NO3S/c1-10-8-11(2)15(12(3)9-10)19-20(17,18)14-7-5-4-6-13(14)16/h4-9H,16H2,1-3H3. The minimum Gasteiger partial charge on any atom is -0.398 e. The lowest BCUT2D eigenvalue weighted by Crippen LogP contribution is -2.13. The molecule has 0 aliphatic rings. The molecule has 0 saturated heterocycles. The second-order valence-corrected chi connectivity index (χ2v) is 6.32. The molecule has 4 nitrogen and oxygen atoms in total. The molecular formula is C15H17NO3S. The van der Waals surface area contributed by atoms with Gasteiger partial charge in [-0.05, 0) is 44.0 Å². The molecule has 2 N–H and O–H groups in total. The summed E-state index contributed by atoms with van der Waals surface area (Å²) in [7, 11) is -3.93. The predicted molar refractivity (Wildman–Crippen MR) is 79.3 cm³/mol. The average Bonchev–Trinajstić information content (AvgIpc) is 2.34. The van der Waals surface area contributed by atoms with Crippen LogP contribution in [0.1, 0.15) is 16.7 Å². The van der Waals surface area contributed by atoms with E-state index in [1.807, 2.05) is 32.9 Å². The molecule has 5 heteroatoms. The minimum absolute atomic E-state index is 0.0145. The fourth-order valence-electron chi connectivity index (χ4n) is 2.16. The van der Waals surface area contributed by atoms with Crippen LogP contribution in [0.25, 0.3) is 0 Å². The second-order valence-electron chi connectivity index (χ2n) is 4.80. The molecule has 0 bridgehead atoms. The van der Waals surface area contributed by atoms with Crippen LogP contribution in [-0.2, 0) is 10.1 Å². The van der Waals surface area contributed by atoms with Gasteiger partial charge in [-0.15, -0.1) is 0 Å². The first-order valence-corrected chi connectivity index (χ1v) is 7.59. The molecule has 0 aromatic heterocycles. The van der Waals surface area contributed by atoms with Gasteiger partial charge in [-0.3, -0.25) is 0 Å². The van der Waals surface area contributed by atoms with E-state index < -0.39 is 10.1 Å². The molecular weight excluding hydrogens is 274 g/mol. The number of benzene rings is 2. The predicted octanol–water partition coefficient (Wildman–Crippen LogP) is 2.96. The van der Waals surface area contributed by atoms with Crippen molar-refractivity contribution in [2.24, 2.45) is 0 Å². The van der Waals surface area contributed by atoms with Gasteiger partial charge in [-0.25, -0.2) is 0 Å². The molecule has 2 rings (SSSR count). The first-order valence-electron chi connectivity index (χ1n) is 6.18. The molecule has 0 fully saturated rings. The minimum atomic E-state index is -3.93. The summed E-state index contributed by atoms with van der Waals surface area (Å²) >= 11 is 0. The van der Waals surface area contributed by atoms with E-state index in [4.69, 9.17) is 9.92 Å².